The van der Waals surface area contributed by atoms with Crippen molar-refractivity contribution in [2.45, 2.75) is 33.1 Å². The lowest BCUT2D eigenvalue weighted by Crippen LogP contribution is -2.31. The average Bonchev–Trinajstić information content (AvgIpc) is 2.42. The number of nitrogens with two attached hydrogens (primary N) is 1. The maximum atomic E-state index is 12.2. The number of ether oxygens (including phenoxy) is 1. The monoisotopic (exact) mass is 262 g/mol. The van der Waals surface area contributed by atoms with Gasteiger partial charge in [-0.1, -0.05) is 27.7 Å². The third-order valence-electron chi connectivity index (χ3n) is 3.56. The fourth-order valence-electron chi connectivity index (χ4n) is 2.20. The smallest absolute Gasteiger partial charge is 0.233 e. The van der Waals surface area contributed by atoms with E-state index in [1.54, 1.807) is 11.9 Å². The molecule has 0 spiro atoms. The van der Waals surface area contributed by atoms with Crippen molar-refractivity contribution in [3.8, 4) is 5.75 Å². The minimum Gasteiger partial charge on any atom is -0.488 e. The van der Waals surface area contributed by atoms with E-state index in [9.17, 15) is 4.79 Å². The fraction of sp³-hybridized carbons (Fsp3) is 0.533. The van der Waals surface area contributed by atoms with Crippen molar-refractivity contribution in [2.75, 3.05) is 24.3 Å². The van der Waals surface area contributed by atoms with Crippen LogP contribution in [0, 0.1) is 5.92 Å². The van der Waals surface area contributed by atoms with Crippen LogP contribution in [0.1, 0.15) is 33.3 Å². The number of carbonyl (C=O) groups is 1. The van der Waals surface area contributed by atoms with Gasteiger partial charge in [-0.15, -0.1) is 0 Å². The Kier molecular flexibility index (Phi) is 3.20. The number of fused-ring (bicyclic) bond motifs is 1. The first kappa shape index (κ1) is 13.7. The van der Waals surface area contributed by atoms with Crippen LogP contribution < -0.4 is 15.4 Å². The van der Waals surface area contributed by atoms with Crippen LogP contribution in [0.3, 0.4) is 0 Å². The Morgan fingerprint density at radius 1 is 1.37 bits per heavy atom. The molecule has 1 heterocycles. The minimum absolute atomic E-state index is 0.0229. The fourth-order valence-corrected chi connectivity index (χ4v) is 2.20. The van der Waals surface area contributed by atoms with Gasteiger partial charge in [0.05, 0.1) is 23.9 Å². The van der Waals surface area contributed by atoms with Crippen LogP contribution in [-0.2, 0) is 10.2 Å². The lowest BCUT2D eigenvalue weighted by Gasteiger charge is -2.24. The number of anilines is 2. The quantitative estimate of drug-likeness (QED) is 0.731. The van der Waals surface area contributed by atoms with Crippen molar-refractivity contribution in [1.82, 2.24) is 0 Å². The molecule has 0 bridgehead atoms. The van der Waals surface area contributed by atoms with E-state index in [-0.39, 0.29) is 17.2 Å². The number of carbonyl (C=O) groups excluding carboxylic acids is 1. The van der Waals surface area contributed by atoms with Gasteiger partial charge in [-0.3, -0.25) is 4.79 Å². The lowest BCUT2D eigenvalue weighted by molar-refractivity contribution is -0.122. The van der Waals surface area contributed by atoms with Crippen LogP contribution in [-0.4, -0.2) is 19.6 Å². The van der Waals surface area contributed by atoms with Gasteiger partial charge in [0.15, 0.2) is 5.75 Å². The molecule has 0 saturated carbocycles. The van der Waals surface area contributed by atoms with Crippen molar-refractivity contribution in [1.29, 1.82) is 0 Å². The molecule has 2 rings (SSSR count). The molecule has 0 aliphatic carbocycles. The average molecular weight is 262 g/mol. The Labute approximate surface area is 114 Å². The Bertz CT molecular complexity index is 518. The first-order chi connectivity index (χ1) is 8.71. The summed E-state index contributed by atoms with van der Waals surface area (Å²) in [7, 11) is 1.78. The van der Waals surface area contributed by atoms with E-state index in [0.717, 1.165) is 11.3 Å². The second-order valence-corrected chi connectivity index (χ2v) is 6.27. The molecule has 104 valence electrons. The highest BCUT2D eigenvalue weighted by Gasteiger charge is 2.29. The van der Waals surface area contributed by atoms with Crippen LogP contribution in [0.25, 0.3) is 0 Å². The summed E-state index contributed by atoms with van der Waals surface area (Å²) >= 11 is 0. The summed E-state index contributed by atoms with van der Waals surface area (Å²) < 4.78 is 5.71. The Morgan fingerprint density at radius 2 is 2.00 bits per heavy atom. The highest BCUT2D eigenvalue weighted by atomic mass is 16.5. The number of rotatable bonds is 0. The first-order valence-electron chi connectivity index (χ1n) is 6.56. The molecule has 1 atom stereocenters. The number of nitrogen functional groups attached to an aromatic ring is 1. The molecule has 2 N–H and O–H groups in total. The van der Waals surface area contributed by atoms with Crippen molar-refractivity contribution >= 4 is 17.3 Å². The molecule has 1 amide bonds. The van der Waals surface area contributed by atoms with Crippen LogP contribution >= 0.6 is 0 Å². The zero-order valence-corrected chi connectivity index (χ0v) is 12.3. The van der Waals surface area contributed by atoms with Gasteiger partial charge < -0.3 is 15.4 Å². The van der Waals surface area contributed by atoms with Gasteiger partial charge in [-0.05, 0) is 23.1 Å². The van der Waals surface area contributed by atoms with Gasteiger partial charge in [-0.2, -0.15) is 0 Å². The van der Waals surface area contributed by atoms with Gasteiger partial charge >= 0.3 is 0 Å². The van der Waals surface area contributed by atoms with Crippen LogP contribution in [0.5, 0.6) is 5.75 Å². The number of benzene rings is 1. The molecule has 1 unspecified atom stereocenters. The molecular weight excluding hydrogens is 240 g/mol. The summed E-state index contributed by atoms with van der Waals surface area (Å²) in [5, 5.41) is 0. The largest absolute Gasteiger partial charge is 0.488 e. The summed E-state index contributed by atoms with van der Waals surface area (Å²) in [5.74, 6) is 0.521. The molecule has 4 heteroatoms. The Morgan fingerprint density at radius 3 is 2.58 bits per heavy atom. The summed E-state index contributed by atoms with van der Waals surface area (Å²) in [4.78, 5) is 13.8. The van der Waals surface area contributed by atoms with Gasteiger partial charge in [0.25, 0.3) is 0 Å². The van der Waals surface area contributed by atoms with E-state index in [1.165, 1.54) is 0 Å². The SMILES string of the molecule is CC1COc2c(N)cc(C(C)(C)C)cc2N(C)C1=O. The zero-order chi connectivity index (χ0) is 14.4. The second kappa shape index (κ2) is 4.44. The third-order valence-corrected chi connectivity index (χ3v) is 3.56. The number of hydrogen-bond acceptors (Lipinski definition) is 3. The van der Waals surface area contributed by atoms with Crippen molar-refractivity contribution in [2.24, 2.45) is 5.92 Å². The summed E-state index contributed by atoms with van der Waals surface area (Å²) in [6, 6.07) is 3.94. The van der Waals surface area contributed by atoms with E-state index >= 15 is 0 Å². The molecule has 1 aliphatic heterocycles. The predicted molar refractivity (Wildman–Crippen MR) is 77.6 cm³/mol. The van der Waals surface area contributed by atoms with Gasteiger partial charge in [0.2, 0.25) is 5.91 Å². The van der Waals surface area contributed by atoms with Crippen LogP contribution in [0.2, 0.25) is 0 Å². The standard InChI is InChI=1S/C15H22N2O2/c1-9-8-19-13-11(16)6-10(15(2,3)4)7-12(13)17(5)14(9)18/h6-7,9H,8,16H2,1-5H3. The van der Waals surface area contributed by atoms with Gasteiger partial charge in [0.1, 0.15) is 0 Å². The molecular formula is C15H22N2O2. The number of nitrogens with zero attached hydrogens (tertiary/aromatic N) is 1. The summed E-state index contributed by atoms with van der Waals surface area (Å²) in [6.07, 6.45) is 0. The predicted octanol–water partition coefficient (Wildman–Crippen LogP) is 2.56. The molecule has 0 radical (unpaired) electrons. The highest BCUT2D eigenvalue weighted by molar-refractivity contribution is 5.98. The van der Waals surface area contributed by atoms with Crippen molar-refractivity contribution < 1.29 is 9.53 Å². The third kappa shape index (κ3) is 2.39. The van der Waals surface area contributed by atoms with E-state index in [4.69, 9.17) is 10.5 Å². The number of amides is 1. The maximum absolute atomic E-state index is 12.2. The Balaban J connectivity index is 2.60. The maximum Gasteiger partial charge on any atom is 0.233 e. The van der Waals surface area contributed by atoms with Crippen LogP contribution in [0.4, 0.5) is 11.4 Å². The Hall–Kier alpha value is -1.71. The second-order valence-electron chi connectivity index (χ2n) is 6.27. The van der Waals surface area contributed by atoms with E-state index in [1.807, 2.05) is 19.1 Å². The zero-order valence-electron chi connectivity index (χ0n) is 12.3. The molecule has 4 nitrogen and oxygen atoms in total. The van der Waals surface area contributed by atoms with E-state index < -0.39 is 0 Å². The van der Waals surface area contributed by atoms with E-state index in [2.05, 4.69) is 20.8 Å². The topological polar surface area (TPSA) is 55.6 Å². The molecule has 0 saturated heterocycles. The molecule has 1 aromatic carbocycles. The molecule has 1 aromatic rings. The van der Waals surface area contributed by atoms with Crippen LogP contribution in [0.15, 0.2) is 12.1 Å². The molecule has 0 fully saturated rings. The minimum atomic E-state index is -0.158. The first-order valence-corrected chi connectivity index (χ1v) is 6.56. The number of hydrogen-bond donors (Lipinski definition) is 1. The molecule has 0 aromatic heterocycles. The van der Waals surface area contributed by atoms with Crippen molar-refractivity contribution in [3.05, 3.63) is 17.7 Å². The van der Waals surface area contributed by atoms with Gasteiger partial charge in [0, 0.05) is 7.05 Å². The van der Waals surface area contributed by atoms with Gasteiger partial charge in [-0.25, -0.2) is 0 Å². The molecule has 1 aliphatic rings. The van der Waals surface area contributed by atoms with E-state index in [0.29, 0.717) is 18.0 Å². The normalized spacial score (nSPS) is 19.7. The summed E-state index contributed by atoms with van der Waals surface area (Å²) in [5.41, 5.74) is 8.53. The summed E-state index contributed by atoms with van der Waals surface area (Å²) in [6.45, 7) is 8.60. The highest BCUT2D eigenvalue weighted by Crippen LogP contribution is 2.40. The van der Waals surface area contributed by atoms with Crippen molar-refractivity contribution in [3.63, 3.8) is 0 Å². The lowest BCUT2D eigenvalue weighted by atomic mass is 9.86. The molecule has 19 heavy (non-hydrogen) atoms.